The Kier molecular flexibility index (Phi) is 5.12. The molecule has 0 radical (unpaired) electrons. The van der Waals surface area contributed by atoms with Gasteiger partial charge in [-0.05, 0) is 25.3 Å². The smallest absolute Gasteiger partial charge is 0.244 e. The zero-order chi connectivity index (χ0) is 15.0. The summed E-state index contributed by atoms with van der Waals surface area (Å²) in [6.45, 7) is 5.18. The Morgan fingerprint density at radius 3 is 2.55 bits per heavy atom. The number of hydrogen-bond donors (Lipinski definition) is 1. The number of hydrogen-bond acceptors (Lipinski definition) is 3. The van der Waals surface area contributed by atoms with E-state index in [-0.39, 0.29) is 24.5 Å². The van der Waals surface area contributed by atoms with Crippen molar-refractivity contribution in [3.05, 3.63) is 42.5 Å². The Labute approximate surface area is 138 Å². The third kappa shape index (κ3) is 2.86. The van der Waals surface area contributed by atoms with Crippen molar-refractivity contribution >= 4 is 33.2 Å². The minimum atomic E-state index is -3.48. The largest absolute Gasteiger partial charge is 0.311 e. The van der Waals surface area contributed by atoms with Crippen molar-refractivity contribution in [1.29, 1.82) is 0 Å². The van der Waals surface area contributed by atoms with Crippen LogP contribution in [-0.2, 0) is 10.0 Å². The maximum Gasteiger partial charge on any atom is 0.244 e. The Hall–Kier alpha value is -1.14. The third-order valence-electron chi connectivity index (χ3n) is 4.31. The van der Waals surface area contributed by atoms with E-state index < -0.39 is 10.0 Å². The lowest BCUT2D eigenvalue weighted by Gasteiger charge is -2.37. The first-order chi connectivity index (χ1) is 10.0. The van der Waals surface area contributed by atoms with Gasteiger partial charge in [-0.2, -0.15) is 4.31 Å². The monoisotopic (exact) mass is 340 g/mol. The first-order valence-electron chi connectivity index (χ1n) is 7.25. The molecule has 0 saturated carbocycles. The van der Waals surface area contributed by atoms with Gasteiger partial charge in [-0.15, -0.1) is 12.4 Å². The minimum absolute atomic E-state index is 0. The molecule has 22 heavy (non-hydrogen) atoms. The van der Waals surface area contributed by atoms with Crippen LogP contribution in [0.25, 0.3) is 10.8 Å². The van der Waals surface area contributed by atoms with Crippen LogP contribution < -0.4 is 5.32 Å². The van der Waals surface area contributed by atoms with Gasteiger partial charge in [0.15, 0.2) is 0 Å². The lowest BCUT2D eigenvalue weighted by atomic mass is 10.1. The molecule has 1 fully saturated rings. The van der Waals surface area contributed by atoms with E-state index >= 15 is 0 Å². The summed E-state index contributed by atoms with van der Waals surface area (Å²) < 4.78 is 27.7. The van der Waals surface area contributed by atoms with Crippen molar-refractivity contribution in [3.63, 3.8) is 0 Å². The second-order valence-electron chi connectivity index (χ2n) is 5.58. The van der Waals surface area contributed by atoms with E-state index in [9.17, 15) is 8.42 Å². The highest BCUT2D eigenvalue weighted by atomic mass is 35.5. The first-order valence-corrected chi connectivity index (χ1v) is 8.69. The maximum atomic E-state index is 13.1. The predicted molar refractivity (Wildman–Crippen MR) is 92.0 cm³/mol. The minimum Gasteiger partial charge on any atom is -0.311 e. The summed E-state index contributed by atoms with van der Waals surface area (Å²) in [5, 5.41) is 5.06. The van der Waals surface area contributed by atoms with Crippen molar-refractivity contribution in [2.75, 3.05) is 13.1 Å². The lowest BCUT2D eigenvalue weighted by Crippen LogP contribution is -2.57. The molecule has 1 heterocycles. The van der Waals surface area contributed by atoms with E-state index in [1.54, 1.807) is 10.4 Å². The van der Waals surface area contributed by atoms with Crippen LogP contribution in [0.15, 0.2) is 47.4 Å². The van der Waals surface area contributed by atoms with Gasteiger partial charge in [0.05, 0.1) is 4.90 Å². The van der Waals surface area contributed by atoms with E-state index in [4.69, 9.17) is 0 Å². The van der Waals surface area contributed by atoms with Gasteiger partial charge in [0.25, 0.3) is 0 Å². The highest BCUT2D eigenvalue weighted by Gasteiger charge is 2.35. The van der Waals surface area contributed by atoms with Crippen molar-refractivity contribution in [3.8, 4) is 0 Å². The molecule has 0 spiro atoms. The molecule has 120 valence electrons. The highest BCUT2D eigenvalue weighted by Crippen LogP contribution is 2.27. The normalized spacial score (nSPS) is 23.2. The number of nitrogens with one attached hydrogen (secondary N) is 1. The van der Waals surface area contributed by atoms with Gasteiger partial charge >= 0.3 is 0 Å². The van der Waals surface area contributed by atoms with Gasteiger partial charge in [0.1, 0.15) is 0 Å². The summed E-state index contributed by atoms with van der Waals surface area (Å²) in [5.41, 5.74) is 0. The molecule has 0 aromatic heterocycles. The molecule has 2 unspecified atom stereocenters. The van der Waals surface area contributed by atoms with Gasteiger partial charge < -0.3 is 5.32 Å². The molecule has 2 aromatic carbocycles. The molecule has 0 amide bonds. The Bertz CT molecular complexity index is 758. The number of piperazine rings is 1. The number of halogens is 1. The summed E-state index contributed by atoms with van der Waals surface area (Å²) in [4.78, 5) is 0.404. The number of fused-ring (bicyclic) bond motifs is 1. The van der Waals surface area contributed by atoms with E-state index in [1.165, 1.54) is 0 Å². The van der Waals surface area contributed by atoms with Crippen LogP contribution >= 0.6 is 12.4 Å². The molecule has 3 rings (SSSR count). The van der Waals surface area contributed by atoms with E-state index in [0.29, 0.717) is 18.0 Å². The maximum absolute atomic E-state index is 13.1. The molecule has 0 aliphatic carbocycles. The first kappa shape index (κ1) is 17.2. The number of sulfonamides is 1. The van der Waals surface area contributed by atoms with Crippen molar-refractivity contribution < 1.29 is 8.42 Å². The molecular formula is C16H21ClN2O2S. The Morgan fingerprint density at radius 2 is 1.77 bits per heavy atom. The molecule has 1 saturated heterocycles. The van der Waals surface area contributed by atoms with Gasteiger partial charge in [-0.1, -0.05) is 36.4 Å². The van der Waals surface area contributed by atoms with Crippen LogP contribution in [0.5, 0.6) is 0 Å². The van der Waals surface area contributed by atoms with Crippen LogP contribution in [0.3, 0.4) is 0 Å². The highest BCUT2D eigenvalue weighted by molar-refractivity contribution is 7.89. The fourth-order valence-electron chi connectivity index (χ4n) is 2.91. The van der Waals surface area contributed by atoms with Crippen molar-refractivity contribution in [2.24, 2.45) is 0 Å². The molecule has 1 N–H and O–H groups in total. The van der Waals surface area contributed by atoms with E-state index in [0.717, 1.165) is 10.8 Å². The molecule has 2 atom stereocenters. The van der Waals surface area contributed by atoms with E-state index in [1.807, 2.05) is 50.2 Å². The van der Waals surface area contributed by atoms with Crippen LogP contribution in [-0.4, -0.2) is 37.9 Å². The van der Waals surface area contributed by atoms with Gasteiger partial charge in [-0.25, -0.2) is 8.42 Å². The molecule has 2 aromatic rings. The SMILES string of the molecule is CC1NCCN(S(=O)(=O)c2cccc3ccccc23)C1C.Cl. The topological polar surface area (TPSA) is 49.4 Å². The fraction of sp³-hybridized carbons (Fsp3) is 0.375. The number of benzene rings is 2. The number of rotatable bonds is 2. The fourth-order valence-corrected chi connectivity index (χ4v) is 4.83. The zero-order valence-corrected chi connectivity index (χ0v) is 14.3. The quantitative estimate of drug-likeness (QED) is 0.914. The molecule has 6 heteroatoms. The van der Waals surface area contributed by atoms with Crippen molar-refractivity contribution in [2.45, 2.75) is 30.8 Å². The van der Waals surface area contributed by atoms with Gasteiger partial charge in [0, 0.05) is 30.6 Å². The summed E-state index contributed by atoms with van der Waals surface area (Å²) in [6, 6.07) is 13.2. The number of nitrogens with zero attached hydrogens (tertiary/aromatic N) is 1. The van der Waals surface area contributed by atoms with Crippen LogP contribution in [0.2, 0.25) is 0 Å². The summed E-state index contributed by atoms with van der Waals surface area (Å²) in [7, 11) is -3.48. The van der Waals surface area contributed by atoms with Crippen molar-refractivity contribution in [1.82, 2.24) is 9.62 Å². The molecule has 1 aliphatic rings. The van der Waals surface area contributed by atoms with Crippen LogP contribution in [0.4, 0.5) is 0 Å². The third-order valence-corrected chi connectivity index (χ3v) is 6.36. The molecule has 4 nitrogen and oxygen atoms in total. The molecule has 0 bridgehead atoms. The summed E-state index contributed by atoms with van der Waals surface area (Å²) in [5.74, 6) is 0. The average Bonchev–Trinajstić information content (AvgIpc) is 2.49. The zero-order valence-electron chi connectivity index (χ0n) is 12.7. The molecular weight excluding hydrogens is 320 g/mol. The Balaban J connectivity index is 0.00000176. The summed E-state index contributed by atoms with van der Waals surface area (Å²) >= 11 is 0. The lowest BCUT2D eigenvalue weighted by molar-refractivity contribution is 0.233. The van der Waals surface area contributed by atoms with Gasteiger partial charge in [0.2, 0.25) is 10.0 Å². The summed E-state index contributed by atoms with van der Waals surface area (Å²) in [6.07, 6.45) is 0. The molecule has 1 aliphatic heterocycles. The second kappa shape index (κ2) is 6.54. The standard InChI is InChI=1S/C16H20N2O2S.ClH/c1-12-13(2)18(11-10-17-12)21(19,20)16-9-5-7-14-6-3-4-8-15(14)16;/h3-9,12-13,17H,10-11H2,1-2H3;1H. The van der Waals surface area contributed by atoms with Crippen LogP contribution in [0, 0.1) is 0 Å². The second-order valence-corrected chi connectivity index (χ2v) is 7.44. The predicted octanol–water partition coefficient (Wildman–Crippen LogP) is 2.63. The van der Waals surface area contributed by atoms with Crippen LogP contribution in [0.1, 0.15) is 13.8 Å². The Morgan fingerprint density at radius 1 is 1.09 bits per heavy atom. The van der Waals surface area contributed by atoms with E-state index in [2.05, 4.69) is 5.32 Å². The average molecular weight is 341 g/mol. The van der Waals surface area contributed by atoms with Gasteiger partial charge in [-0.3, -0.25) is 0 Å².